The monoisotopic (exact) mass is 299 g/mol. The number of benzene rings is 1. The molecule has 1 atom stereocenters. The Balaban J connectivity index is 2.68. The summed E-state index contributed by atoms with van der Waals surface area (Å²) < 4.78 is 26.9. The van der Waals surface area contributed by atoms with E-state index in [2.05, 4.69) is 11.6 Å². The van der Waals surface area contributed by atoms with Crippen LogP contribution in [0.4, 0.5) is 0 Å². The van der Waals surface area contributed by atoms with Crippen molar-refractivity contribution in [3.05, 3.63) is 29.8 Å². The van der Waals surface area contributed by atoms with E-state index in [1.165, 1.54) is 0 Å². The van der Waals surface area contributed by atoms with Gasteiger partial charge in [0.2, 0.25) is 10.0 Å². The molecule has 0 heterocycles. The molecular weight excluding hydrogens is 274 g/mol. The van der Waals surface area contributed by atoms with Crippen LogP contribution in [0.3, 0.4) is 0 Å². The van der Waals surface area contributed by atoms with Crippen LogP contribution in [-0.4, -0.2) is 26.7 Å². The van der Waals surface area contributed by atoms with E-state index >= 15 is 0 Å². The molecule has 0 bridgehead atoms. The molecule has 0 aromatic heterocycles. The van der Waals surface area contributed by atoms with Crippen molar-refractivity contribution in [1.29, 1.82) is 0 Å². The highest BCUT2D eigenvalue weighted by Gasteiger charge is 2.15. The third-order valence-corrected chi connectivity index (χ3v) is 4.89. The van der Waals surface area contributed by atoms with Gasteiger partial charge in [0, 0.05) is 13.2 Å². The van der Waals surface area contributed by atoms with Crippen molar-refractivity contribution in [2.24, 2.45) is 5.92 Å². The zero-order valence-electron chi connectivity index (χ0n) is 12.3. The summed E-state index contributed by atoms with van der Waals surface area (Å²) in [4.78, 5) is 0.302. The molecule has 0 saturated heterocycles. The van der Waals surface area contributed by atoms with Gasteiger partial charge in [0.1, 0.15) is 0 Å². The molecule has 1 unspecified atom stereocenters. The number of aryl methyl sites for hydroxylation is 1. The van der Waals surface area contributed by atoms with Crippen molar-refractivity contribution < 1.29 is 13.5 Å². The molecule has 0 radical (unpaired) electrons. The number of aliphatic hydroxyl groups is 1. The number of nitrogens with one attached hydrogen (secondary N) is 1. The van der Waals surface area contributed by atoms with Crippen LogP contribution < -0.4 is 4.72 Å². The largest absolute Gasteiger partial charge is 0.396 e. The van der Waals surface area contributed by atoms with Crippen LogP contribution in [0, 0.1) is 5.92 Å². The molecule has 1 rings (SSSR count). The normalized spacial score (nSPS) is 13.3. The summed E-state index contributed by atoms with van der Waals surface area (Å²) in [6.45, 7) is 4.55. The molecule has 20 heavy (non-hydrogen) atoms. The molecule has 0 fully saturated rings. The van der Waals surface area contributed by atoms with Crippen LogP contribution in [0.15, 0.2) is 29.2 Å². The number of rotatable bonds is 9. The Labute approximate surface area is 122 Å². The molecule has 1 aromatic carbocycles. The molecule has 0 aliphatic heterocycles. The molecular formula is C15H25NO3S. The van der Waals surface area contributed by atoms with Gasteiger partial charge in [-0.3, -0.25) is 0 Å². The molecule has 0 aliphatic rings. The van der Waals surface area contributed by atoms with Gasteiger partial charge in [0.05, 0.1) is 4.90 Å². The van der Waals surface area contributed by atoms with Gasteiger partial charge in [-0.25, -0.2) is 13.1 Å². The summed E-state index contributed by atoms with van der Waals surface area (Å²) in [5.41, 5.74) is 1.15. The first-order chi connectivity index (χ1) is 9.53. The molecule has 0 spiro atoms. The van der Waals surface area contributed by atoms with E-state index in [0.29, 0.717) is 17.9 Å². The van der Waals surface area contributed by atoms with E-state index in [9.17, 15) is 8.42 Å². The second-order valence-electron chi connectivity index (χ2n) is 5.03. The smallest absolute Gasteiger partial charge is 0.240 e. The maximum atomic E-state index is 12.2. The lowest BCUT2D eigenvalue weighted by atomic mass is 10.0. The molecule has 2 N–H and O–H groups in total. The Morgan fingerprint density at radius 1 is 1.20 bits per heavy atom. The summed E-state index contributed by atoms with van der Waals surface area (Å²) in [7, 11) is -3.45. The first kappa shape index (κ1) is 17.1. The second kappa shape index (κ2) is 8.39. The van der Waals surface area contributed by atoms with Crippen LogP contribution in [0.2, 0.25) is 0 Å². The van der Waals surface area contributed by atoms with Gasteiger partial charge >= 0.3 is 0 Å². The van der Waals surface area contributed by atoms with E-state index < -0.39 is 10.0 Å². The minimum atomic E-state index is -3.45. The lowest BCUT2D eigenvalue weighted by Gasteiger charge is -2.14. The average molecular weight is 299 g/mol. The standard InChI is InChI=1S/C15H25NO3S/c1-3-5-14-6-8-15(9-7-14)20(18,19)16-12-13(4-2)10-11-17/h6-9,13,16-17H,3-5,10-12H2,1-2H3. The van der Waals surface area contributed by atoms with Crippen molar-refractivity contribution in [2.45, 2.75) is 44.4 Å². The first-order valence-electron chi connectivity index (χ1n) is 7.23. The fourth-order valence-corrected chi connectivity index (χ4v) is 3.18. The Bertz CT molecular complexity index is 482. The topological polar surface area (TPSA) is 66.4 Å². The van der Waals surface area contributed by atoms with E-state index in [1.54, 1.807) is 12.1 Å². The van der Waals surface area contributed by atoms with Crippen LogP contribution >= 0.6 is 0 Å². The third-order valence-electron chi connectivity index (χ3n) is 3.45. The Morgan fingerprint density at radius 3 is 2.35 bits per heavy atom. The van der Waals surface area contributed by atoms with Crippen LogP contribution in [0.25, 0.3) is 0 Å². The van der Waals surface area contributed by atoms with Crippen LogP contribution in [0.5, 0.6) is 0 Å². The van der Waals surface area contributed by atoms with E-state index in [4.69, 9.17) is 5.11 Å². The number of aliphatic hydroxyl groups excluding tert-OH is 1. The van der Waals surface area contributed by atoms with Crippen molar-refractivity contribution >= 4 is 10.0 Å². The molecule has 0 aliphatic carbocycles. The van der Waals surface area contributed by atoms with Gasteiger partial charge in [-0.1, -0.05) is 38.8 Å². The van der Waals surface area contributed by atoms with Gasteiger partial charge in [-0.05, 0) is 36.5 Å². The molecule has 5 heteroatoms. The van der Waals surface area contributed by atoms with E-state index in [1.807, 2.05) is 19.1 Å². The van der Waals surface area contributed by atoms with E-state index in [0.717, 1.165) is 24.8 Å². The summed E-state index contributed by atoms with van der Waals surface area (Å²) in [6.07, 6.45) is 3.47. The minimum absolute atomic E-state index is 0.0892. The maximum Gasteiger partial charge on any atom is 0.240 e. The van der Waals surface area contributed by atoms with Crippen LogP contribution in [-0.2, 0) is 16.4 Å². The summed E-state index contributed by atoms with van der Waals surface area (Å²) in [6, 6.07) is 7.03. The lowest BCUT2D eigenvalue weighted by Crippen LogP contribution is -2.29. The minimum Gasteiger partial charge on any atom is -0.396 e. The molecule has 114 valence electrons. The van der Waals surface area contributed by atoms with Gasteiger partial charge in [0.25, 0.3) is 0 Å². The van der Waals surface area contributed by atoms with Crippen molar-refractivity contribution in [1.82, 2.24) is 4.72 Å². The number of hydrogen-bond acceptors (Lipinski definition) is 3. The van der Waals surface area contributed by atoms with Crippen molar-refractivity contribution in [3.8, 4) is 0 Å². The zero-order valence-corrected chi connectivity index (χ0v) is 13.1. The number of sulfonamides is 1. The maximum absolute atomic E-state index is 12.2. The fraction of sp³-hybridized carbons (Fsp3) is 0.600. The molecule has 0 saturated carbocycles. The van der Waals surface area contributed by atoms with Crippen molar-refractivity contribution in [2.75, 3.05) is 13.2 Å². The van der Waals surface area contributed by atoms with Gasteiger partial charge in [0.15, 0.2) is 0 Å². The average Bonchev–Trinajstić information content (AvgIpc) is 2.44. The Kier molecular flexibility index (Phi) is 7.19. The predicted octanol–water partition coefficient (Wildman–Crippen LogP) is 2.33. The quantitative estimate of drug-likeness (QED) is 0.735. The predicted molar refractivity (Wildman–Crippen MR) is 81.1 cm³/mol. The molecule has 1 aromatic rings. The summed E-state index contributed by atoms with van der Waals surface area (Å²) in [5, 5.41) is 8.92. The van der Waals surface area contributed by atoms with Crippen molar-refractivity contribution in [3.63, 3.8) is 0 Å². The van der Waals surface area contributed by atoms with Gasteiger partial charge in [-0.2, -0.15) is 0 Å². The lowest BCUT2D eigenvalue weighted by molar-refractivity contribution is 0.254. The zero-order chi connectivity index (χ0) is 15.0. The highest BCUT2D eigenvalue weighted by atomic mass is 32.2. The number of hydrogen-bond donors (Lipinski definition) is 2. The highest BCUT2D eigenvalue weighted by Crippen LogP contribution is 2.13. The van der Waals surface area contributed by atoms with Crippen LogP contribution in [0.1, 0.15) is 38.7 Å². The first-order valence-corrected chi connectivity index (χ1v) is 8.71. The molecule has 4 nitrogen and oxygen atoms in total. The SMILES string of the molecule is CCCc1ccc(S(=O)(=O)NCC(CC)CCO)cc1. The van der Waals surface area contributed by atoms with Gasteiger partial charge in [-0.15, -0.1) is 0 Å². The Morgan fingerprint density at radius 2 is 1.85 bits per heavy atom. The second-order valence-corrected chi connectivity index (χ2v) is 6.80. The fourth-order valence-electron chi connectivity index (χ4n) is 2.07. The van der Waals surface area contributed by atoms with E-state index in [-0.39, 0.29) is 12.5 Å². The summed E-state index contributed by atoms with van der Waals surface area (Å²) >= 11 is 0. The molecule has 0 amide bonds. The summed E-state index contributed by atoms with van der Waals surface area (Å²) in [5.74, 6) is 0.175. The highest BCUT2D eigenvalue weighted by molar-refractivity contribution is 7.89. The third kappa shape index (κ3) is 5.23. The van der Waals surface area contributed by atoms with Gasteiger partial charge < -0.3 is 5.11 Å². The Hall–Kier alpha value is -0.910.